The van der Waals surface area contributed by atoms with Crippen molar-refractivity contribution in [3.8, 4) is 5.75 Å². The summed E-state index contributed by atoms with van der Waals surface area (Å²) >= 11 is 18.9. The number of nitrogens with zero attached hydrogens (tertiary/aromatic N) is 2. The van der Waals surface area contributed by atoms with Gasteiger partial charge < -0.3 is 15.0 Å². The maximum atomic E-state index is 14.1. The molecule has 0 aromatic heterocycles. The van der Waals surface area contributed by atoms with Gasteiger partial charge in [-0.3, -0.25) is 13.9 Å². The van der Waals surface area contributed by atoms with Crippen LogP contribution in [-0.2, 0) is 26.2 Å². The zero-order valence-corrected chi connectivity index (χ0v) is 27.1. The van der Waals surface area contributed by atoms with Gasteiger partial charge in [-0.2, -0.15) is 0 Å². The quantitative estimate of drug-likeness (QED) is 0.241. The molecule has 0 aliphatic carbocycles. The van der Waals surface area contributed by atoms with Crippen molar-refractivity contribution in [2.24, 2.45) is 0 Å². The van der Waals surface area contributed by atoms with Gasteiger partial charge in [0.05, 0.1) is 22.7 Å². The number of hydrogen-bond donors (Lipinski definition) is 1. The highest BCUT2D eigenvalue weighted by atomic mass is 35.5. The second-order valence-electron chi connectivity index (χ2n) is 9.89. The fourth-order valence-corrected chi connectivity index (χ4v) is 6.18. The number of methoxy groups -OCH3 is 1. The van der Waals surface area contributed by atoms with Gasteiger partial charge in [0, 0.05) is 22.6 Å². The molecule has 0 aliphatic heterocycles. The van der Waals surface area contributed by atoms with Gasteiger partial charge in [0.1, 0.15) is 18.3 Å². The second kappa shape index (κ2) is 14.5. The van der Waals surface area contributed by atoms with Crippen molar-refractivity contribution in [2.75, 3.05) is 18.0 Å². The standard InChI is InChI=1S/C30H34Cl3N3O5S/c1-6-20(3)34-30(38)21(4)35(17-22-9-10-23(31)15-26(22)32)29(37)18-36(24-11-14-28(41-5)27(33)16-24)42(39,40)25-12-7-19(2)8-13-25/h7-16,20-21H,6,17-18H2,1-5H3,(H,34,38)/t20-,21+/m1/s1. The van der Waals surface area contributed by atoms with Crippen LogP contribution >= 0.6 is 34.8 Å². The molecule has 42 heavy (non-hydrogen) atoms. The van der Waals surface area contributed by atoms with Crippen LogP contribution < -0.4 is 14.4 Å². The molecule has 3 aromatic rings. The number of halogens is 3. The summed E-state index contributed by atoms with van der Waals surface area (Å²) in [4.78, 5) is 28.5. The van der Waals surface area contributed by atoms with Gasteiger partial charge in [-0.1, -0.05) is 65.5 Å². The Bertz CT molecular complexity index is 1530. The molecule has 2 atom stereocenters. The molecule has 8 nitrogen and oxygen atoms in total. The molecule has 12 heteroatoms. The Labute approximate surface area is 262 Å². The Balaban J connectivity index is 2.08. The molecule has 1 N–H and O–H groups in total. The van der Waals surface area contributed by atoms with Gasteiger partial charge in [0.15, 0.2) is 0 Å². The highest BCUT2D eigenvalue weighted by Crippen LogP contribution is 2.32. The minimum atomic E-state index is -4.25. The normalized spacial score (nSPS) is 12.8. The minimum Gasteiger partial charge on any atom is -0.495 e. The summed E-state index contributed by atoms with van der Waals surface area (Å²) in [5.74, 6) is -0.674. The maximum absolute atomic E-state index is 14.1. The second-order valence-corrected chi connectivity index (χ2v) is 13.0. The number of ether oxygens (including phenoxy) is 1. The first kappa shape index (κ1) is 33.5. The van der Waals surface area contributed by atoms with E-state index >= 15 is 0 Å². The predicted octanol–water partition coefficient (Wildman–Crippen LogP) is 6.49. The van der Waals surface area contributed by atoms with Crippen LogP contribution in [0.25, 0.3) is 0 Å². The first-order valence-corrected chi connectivity index (χ1v) is 15.8. The smallest absolute Gasteiger partial charge is 0.264 e. The fourth-order valence-electron chi connectivity index (χ4n) is 4.06. The number of sulfonamides is 1. The average molecular weight is 655 g/mol. The molecule has 0 heterocycles. The van der Waals surface area contributed by atoms with Crippen LogP contribution in [-0.4, -0.2) is 50.9 Å². The van der Waals surface area contributed by atoms with E-state index in [4.69, 9.17) is 39.5 Å². The molecule has 3 rings (SSSR count). The van der Waals surface area contributed by atoms with Crippen molar-refractivity contribution >= 4 is 62.3 Å². The van der Waals surface area contributed by atoms with Crippen LogP contribution in [0.15, 0.2) is 65.6 Å². The Morgan fingerprint density at radius 3 is 2.19 bits per heavy atom. The van der Waals surface area contributed by atoms with Crippen molar-refractivity contribution < 1.29 is 22.7 Å². The zero-order valence-electron chi connectivity index (χ0n) is 24.0. The number of amides is 2. The summed E-state index contributed by atoms with van der Waals surface area (Å²) in [6.07, 6.45) is 0.691. The largest absolute Gasteiger partial charge is 0.495 e. The molecule has 0 saturated carbocycles. The van der Waals surface area contributed by atoms with Crippen LogP contribution in [0.5, 0.6) is 5.75 Å². The number of nitrogens with one attached hydrogen (secondary N) is 1. The van der Waals surface area contributed by atoms with E-state index in [1.165, 1.54) is 42.3 Å². The van der Waals surface area contributed by atoms with Crippen molar-refractivity contribution in [3.05, 3.63) is 86.9 Å². The number of carbonyl (C=O) groups is 2. The predicted molar refractivity (Wildman–Crippen MR) is 168 cm³/mol. The molecule has 0 bridgehead atoms. The lowest BCUT2D eigenvalue weighted by Gasteiger charge is -2.32. The molecule has 0 spiro atoms. The van der Waals surface area contributed by atoms with E-state index in [0.29, 0.717) is 27.8 Å². The van der Waals surface area contributed by atoms with Crippen LogP contribution in [0, 0.1) is 6.92 Å². The SMILES string of the molecule is CC[C@@H](C)NC(=O)[C@H](C)N(Cc1ccc(Cl)cc1Cl)C(=O)CN(c1ccc(OC)c(Cl)c1)S(=O)(=O)c1ccc(C)cc1. The summed E-state index contributed by atoms with van der Waals surface area (Å²) in [5.41, 5.74) is 1.56. The van der Waals surface area contributed by atoms with E-state index in [1.807, 2.05) is 20.8 Å². The van der Waals surface area contributed by atoms with E-state index in [-0.39, 0.29) is 34.1 Å². The summed E-state index contributed by atoms with van der Waals surface area (Å²) in [5, 5.41) is 3.77. The van der Waals surface area contributed by atoms with Crippen molar-refractivity contribution in [1.29, 1.82) is 0 Å². The van der Waals surface area contributed by atoms with Crippen molar-refractivity contribution in [2.45, 2.75) is 57.6 Å². The summed E-state index contributed by atoms with van der Waals surface area (Å²) in [6.45, 7) is 6.53. The van der Waals surface area contributed by atoms with Crippen LogP contribution in [0.1, 0.15) is 38.3 Å². The monoisotopic (exact) mass is 653 g/mol. The summed E-state index contributed by atoms with van der Waals surface area (Å²) in [7, 11) is -2.81. The third-order valence-corrected chi connectivity index (χ3v) is 9.51. The zero-order chi connectivity index (χ0) is 31.2. The molecular weight excluding hydrogens is 621 g/mol. The van der Waals surface area contributed by atoms with Crippen molar-refractivity contribution in [3.63, 3.8) is 0 Å². The minimum absolute atomic E-state index is 0.0114. The lowest BCUT2D eigenvalue weighted by Crippen LogP contribution is -2.52. The number of rotatable bonds is 12. The van der Waals surface area contributed by atoms with E-state index in [2.05, 4.69) is 5.32 Å². The van der Waals surface area contributed by atoms with Crippen LogP contribution in [0.2, 0.25) is 15.1 Å². The molecule has 3 aromatic carbocycles. The molecule has 0 saturated heterocycles. The number of carbonyl (C=O) groups excluding carboxylic acids is 2. The van der Waals surface area contributed by atoms with Gasteiger partial charge in [-0.05, 0) is 75.2 Å². The van der Waals surface area contributed by atoms with Gasteiger partial charge in [-0.25, -0.2) is 8.42 Å². The molecule has 0 unspecified atom stereocenters. The van der Waals surface area contributed by atoms with E-state index in [0.717, 1.165) is 9.87 Å². The Morgan fingerprint density at radius 1 is 0.952 bits per heavy atom. The third-order valence-electron chi connectivity index (χ3n) is 6.84. The highest BCUT2D eigenvalue weighted by Gasteiger charge is 2.33. The summed E-state index contributed by atoms with van der Waals surface area (Å²) in [6, 6.07) is 14.5. The fraction of sp³-hybridized carbons (Fsp3) is 0.333. The lowest BCUT2D eigenvalue weighted by molar-refractivity contribution is -0.139. The molecule has 0 radical (unpaired) electrons. The van der Waals surface area contributed by atoms with Crippen molar-refractivity contribution in [1.82, 2.24) is 10.2 Å². The number of aryl methyl sites for hydroxylation is 1. The number of hydrogen-bond acceptors (Lipinski definition) is 5. The maximum Gasteiger partial charge on any atom is 0.264 e. The van der Waals surface area contributed by atoms with Crippen LogP contribution in [0.4, 0.5) is 5.69 Å². The summed E-state index contributed by atoms with van der Waals surface area (Å²) < 4.78 is 34.1. The Hall–Kier alpha value is -2.98. The van der Waals surface area contributed by atoms with E-state index < -0.39 is 28.5 Å². The highest BCUT2D eigenvalue weighted by molar-refractivity contribution is 7.92. The van der Waals surface area contributed by atoms with Gasteiger partial charge in [0.25, 0.3) is 10.0 Å². The van der Waals surface area contributed by atoms with Crippen LogP contribution in [0.3, 0.4) is 0 Å². The van der Waals surface area contributed by atoms with Gasteiger partial charge in [0.2, 0.25) is 11.8 Å². The Morgan fingerprint density at radius 2 is 1.62 bits per heavy atom. The average Bonchev–Trinajstić information content (AvgIpc) is 2.95. The van der Waals surface area contributed by atoms with E-state index in [9.17, 15) is 18.0 Å². The lowest BCUT2D eigenvalue weighted by atomic mass is 10.1. The first-order valence-electron chi connectivity index (χ1n) is 13.2. The topological polar surface area (TPSA) is 96.0 Å². The van der Waals surface area contributed by atoms with Gasteiger partial charge >= 0.3 is 0 Å². The first-order chi connectivity index (χ1) is 19.8. The number of anilines is 1. The molecule has 0 fully saturated rings. The van der Waals surface area contributed by atoms with Gasteiger partial charge in [-0.15, -0.1) is 0 Å². The molecule has 0 aliphatic rings. The molecule has 2 amide bonds. The molecular formula is C30H34Cl3N3O5S. The van der Waals surface area contributed by atoms with E-state index in [1.54, 1.807) is 37.3 Å². The molecule has 226 valence electrons. The number of benzene rings is 3. The third kappa shape index (κ3) is 8.10. The Kier molecular flexibility index (Phi) is 11.5.